The number of nitrogens with two attached hydrogens (primary N) is 1. The molecule has 0 saturated carbocycles. The molecule has 0 aliphatic rings. The van der Waals surface area contributed by atoms with Crippen molar-refractivity contribution in [1.82, 2.24) is 9.97 Å². The van der Waals surface area contributed by atoms with E-state index < -0.39 is 0 Å². The van der Waals surface area contributed by atoms with Crippen molar-refractivity contribution in [1.29, 1.82) is 0 Å². The fraction of sp³-hybridized carbons (Fsp3) is 0.0968. The molecule has 2 aromatic heterocycles. The zero-order chi connectivity index (χ0) is 26.6. The van der Waals surface area contributed by atoms with Gasteiger partial charge in [0.05, 0.1) is 27.9 Å². The van der Waals surface area contributed by atoms with Crippen LogP contribution >= 0.6 is 0 Å². The van der Waals surface area contributed by atoms with E-state index in [4.69, 9.17) is 10.2 Å². The summed E-state index contributed by atoms with van der Waals surface area (Å²) in [6.07, 6.45) is 5.14. The molecule has 1 unspecified atom stereocenters. The van der Waals surface area contributed by atoms with E-state index in [1.807, 2.05) is 67.6 Å². The molecule has 0 saturated heterocycles. The Hall–Kier alpha value is -5.04. The SMILES string of the molecule is CN=C(c1cccc(O)c1)c1c(N)ncnc1C=CC(C)c1oc2ccccc2c(=O)c1-c1ccccc1. The number of allylic oxidation sites excluding steroid dienone is 1. The monoisotopic (exact) mass is 502 g/mol. The Bertz CT molecular complexity index is 1740. The van der Waals surface area contributed by atoms with Crippen molar-refractivity contribution in [3.8, 4) is 16.9 Å². The molecule has 0 spiro atoms. The van der Waals surface area contributed by atoms with E-state index in [0.717, 1.165) is 5.56 Å². The maximum atomic E-state index is 13.6. The number of hydrogen-bond acceptors (Lipinski definition) is 7. The molecule has 0 aliphatic heterocycles. The Morgan fingerprint density at radius 3 is 2.55 bits per heavy atom. The van der Waals surface area contributed by atoms with Crippen LogP contribution in [0.3, 0.4) is 0 Å². The number of fused-ring (bicyclic) bond motifs is 1. The Kier molecular flexibility index (Phi) is 6.82. The molecule has 1 atom stereocenters. The lowest BCUT2D eigenvalue weighted by molar-refractivity contribution is 0.475. The number of aromatic hydroxyl groups is 1. The molecule has 5 rings (SSSR count). The molecular formula is C31H26N4O3. The summed E-state index contributed by atoms with van der Waals surface area (Å²) in [5.41, 5.74) is 10.4. The van der Waals surface area contributed by atoms with Crippen molar-refractivity contribution in [2.45, 2.75) is 12.8 Å². The minimum Gasteiger partial charge on any atom is -0.508 e. The van der Waals surface area contributed by atoms with Crippen LogP contribution in [0.5, 0.6) is 5.75 Å². The standard InChI is InChI=1S/C31H26N4O3/c1-19(30-26(20-9-4-3-5-10-20)29(37)23-13-6-7-14-25(23)38-30)15-16-24-27(31(32)35-18-34-24)28(33-2)21-11-8-12-22(36)17-21/h3-19,36H,1-2H3,(H2,32,34,35). The summed E-state index contributed by atoms with van der Waals surface area (Å²) < 4.78 is 6.32. The molecule has 3 aromatic carbocycles. The Balaban J connectivity index is 1.62. The number of anilines is 1. The highest BCUT2D eigenvalue weighted by Crippen LogP contribution is 2.31. The number of phenols is 1. The van der Waals surface area contributed by atoms with Gasteiger partial charge in [-0.2, -0.15) is 0 Å². The lowest BCUT2D eigenvalue weighted by Gasteiger charge is -2.14. The lowest BCUT2D eigenvalue weighted by atomic mass is 9.95. The second kappa shape index (κ2) is 10.5. The second-order valence-electron chi connectivity index (χ2n) is 8.82. The summed E-state index contributed by atoms with van der Waals surface area (Å²) >= 11 is 0. The largest absolute Gasteiger partial charge is 0.508 e. The van der Waals surface area contributed by atoms with Crippen LogP contribution < -0.4 is 11.2 Å². The smallest absolute Gasteiger partial charge is 0.200 e. The quantitative estimate of drug-likeness (QED) is 0.283. The van der Waals surface area contributed by atoms with E-state index in [2.05, 4.69) is 15.0 Å². The first-order valence-corrected chi connectivity index (χ1v) is 12.1. The molecule has 188 valence electrons. The van der Waals surface area contributed by atoms with Crippen LogP contribution in [0.4, 0.5) is 5.82 Å². The number of aromatic nitrogens is 2. The molecule has 7 heteroatoms. The number of benzene rings is 3. The minimum atomic E-state index is -0.283. The highest BCUT2D eigenvalue weighted by atomic mass is 16.3. The van der Waals surface area contributed by atoms with E-state index in [9.17, 15) is 9.90 Å². The van der Waals surface area contributed by atoms with Gasteiger partial charge in [0.2, 0.25) is 5.43 Å². The van der Waals surface area contributed by atoms with Crippen LogP contribution in [0.2, 0.25) is 0 Å². The van der Waals surface area contributed by atoms with Gasteiger partial charge >= 0.3 is 0 Å². The molecular weight excluding hydrogens is 476 g/mol. The zero-order valence-corrected chi connectivity index (χ0v) is 21.0. The molecule has 5 aromatic rings. The third-order valence-corrected chi connectivity index (χ3v) is 6.33. The molecule has 7 nitrogen and oxygen atoms in total. The first-order valence-electron chi connectivity index (χ1n) is 12.1. The fourth-order valence-electron chi connectivity index (χ4n) is 4.50. The molecule has 0 amide bonds. The number of hydrogen-bond donors (Lipinski definition) is 2. The van der Waals surface area contributed by atoms with Crippen molar-refractivity contribution in [3.63, 3.8) is 0 Å². The van der Waals surface area contributed by atoms with Crippen molar-refractivity contribution < 1.29 is 9.52 Å². The number of phenolic OH excluding ortho intramolecular Hbond substituents is 1. The lowest BCUT2D eigenvalue weighted by Crippen LogP contribution is -2.12. The van der Waals surface area contributed by atoms with Gasteiger partial charge in [-0.25, -0.2) is 9.97 Å². The predicted octanol–water partition coefficient (Wildman–Crippen LogP) is 5.82. The molecule has 38 heavy (non-hydrogen) atoms. The van der Waals surface area contributed by atoms with Crippen LogP contribution in [-0.4, -0.2) is 27.8 Å². The van der Waals surface area contributed by atoms with Crippen LogP contribution in [0.25, 0.3) is 28.2 Å². The maximum Gasteiger partial charge on any atom is 0.200 e. The second-order valence-corrected chi connectivity index (χ2v) is 8.82. The van der Waals surface area contributed by atoms with E-state index in [1.54, 1.807) is 37.4 Å². The molecule has 0 aliphatic carbocycles. The van der Waals surface area contributed by atoms with Gasteiger partial charge in [-0.05, 0) is 35.9 Å². The highest BCUT2D eigenvalue weighted by molar-refractivity contribution is 6.17. The number of aliphatic imine (C=N–C) groups is 1. The van der Waals surface area contributed by atoms with Crippen molar-refractivity contribution in [2.75, 3.05) is 12.8 Å². The number of para-hydroxylation sites is 1. The fourth-order valence-corrected chi connectivity index (χ4v) is 4.50. The normalized spacial score (nSPS) is 12.7. The van der Waals surface area contributed by atoms with Gasteiger partial charge in [0.25, 0.3) is 0 Å². The zero-order valence-electron chi connectivity index (χ0n) is 21.0. The van der Waals surface area contributed by atoms with Crippen LogP contribution in [0.15, 0.2) is 105 Å². The van der Waals surface area contributed by atoms with Crippen LogP contribution in [0, 0.1) is 0 Å². The Labute approximate surface area is 219 Å². The van der Waals surface area contributed by atoms with Crippen LogP contribution in [-0.2, 0) is 0 Å². The van der Waals surface area contributed by atoms with Crippen LogP contribution in [0.1, 0.15) is 35.4 Å². The summed E-state index contributed by atoms with van der Waals surface area (Å²) in [5, 5.41) is 10.5. The summed E-state index contributed by atoms with van der Waals surface area (Å²) in [7, 11) is 1.65. The van der Waals surface area contributed by atoms with Gasteiger partial charge in [0, 0.05) is 18.5 Å². The third-order valence-electron chi connectivity index (χ3n) is 6.33. The van der Waals surface area contributed by atoms with E-state index in [-0.39, 0.29) is 22.9 Å². The topological polar surface area (TPSA) is 115 Å². The van der Waals surface area contributed by atoms with Gasteiger partial charge in [-0.1, -0.05) is 67.6 Å². The van der Waals surface area contributed by atoms with Crippen molar-refractivity contribution in [3.05, 3.63) is 124 Å². The first kappa shape index (κ1) is 24.6. The predicted molar refractivity (Wildman–Crippen MR) is 151 cm³/mol. The summed E-state index contributed by atoms with van der Waals surface area (Å²) in [4.78, 5) is 26.6. The van der Waals surface area contributed by atoms with Crippen molar-refractivity contribution >= 4 is 28.6 Å². The van der Waals surface area contributed by atoms with E-state index in [1.165, 1.54) is 6.33 Å². The third kappa shape index (κ3) is 4.69. The van der Waals surface area contributed by atoms with Gasteiger partial charge in [-0.15, -0.1) is 0 Å². The average Bonchev–Trinajstić information content (AvgIpc) is 2.94. The summed E-state index contributed by atoms with van der Waals surface area (Å²) in [6, 6.07) is 23.6. The summed E-state index contributed by atoms with van der Waals surface area (Å²) in [6.45, 7) is 1.96. The number of rotatable bonds is 6. The number of nitrogens with zero attached hydrogens (tertiary/aromatic N) is 3. The minimum absolute atomic E-state index is 0.0791. The molecule has 0 fully saturated rings. The Morgan fingerprint density at radius 1 is 1.03 bits per heavy atom. The number of nitrogen functional groups attached to an aromatic ring is 1. The van der Waals surface area contributed by atoms with Gasteiger partial charge in [0.15, 0.2) is 0 Å². The van der Waals surface area contributed by atoms with Gasteiger partial charge in [-0.3, -0.25) is 9.79 Å². The average molecular weight is 503 g/mol. The maximum absolute atomic E-state index is 13.6. The van der Waals surface area contributed by atoms with Crippen molar-refractivity contribution in [2.24, 2.45) is 4.99 Å². The molecule has 0 radical (unpaired) electrons. The Morgan fingerprint density at radius 2 is 1.79 bits per heavy atom. The highest BCUT2D eigenvalue weighted by Gasteiger charge is 2.21. The van der Waals surface area contributed by atoms with E-state index in [0.29, 0.717) is 44.8 Å². The first-order chi connectivity index (χ1) is 18.5. The molecule has 3 N–H and O–H groups in total. The van der Waals surface area contributed by atoms with Gasteiger partial charge in [0.1, 0.15) is 29.2 Å². The molecule has 0 bridgehead atoms. The summed E-state index contributed by atoms with van der Waals surface area (Å²) in [5.74, 6) is 0.648. The van der Waals surface area contributed by atoms with Gasteiger partial charge < -0.3 is 15.3 Å². The molecule has 2 heterocycles. The van der Waals surface area contributed by atoms with E-state index >= 15 is 0 Å².